The van der Waals surface area contributed by atoms with Gasteiger partial charge in [-0.15, -0.1) is 0 Å². The van der Waals surface area contributed by atoms with Gasteiger partial charge in [0.1, 0.15) is 10.4 Å². The van der Waals surface area contributed by atoms with E-state index in [1.807, 2.05) is 36.1 Å². The van der Waals surface area contributed by atoms with Crippen LogP contribution in [0.15, 0.2) is 48.5 Å². The smallest absolute Gasteiger partial charge is 0.324 e. The van der Waals surface area contributed by atoms with Gasteiger partial charge in [0.2, 0.25) is 5.91 Å². The number of thiocarbonyl (C=S) groups is 1. The quantitative estimate of drug-likeness (QED) is 0.418. The SMILES string of the molecule is CCOC(=O)C12CN(c3ccc(C)cc3)CC(C#N)(C(=S)NC1=O)C2c1ccccc1Cl. The number of benzene rings is 2. The van der Waals surface area contributed by atoms with Crippen LogP contribution in [-0.2, 0) is 14.3 Å². The molecule has 1 N–H and O–H groups in total. The molecule has 0 saturated carbocycles. The molecule has 0 aliphatic carbocycles. The van der Waals surface area contributed by atoms with Crippen molar-refractivity contribution in [3.63, 3.8) is 0 Å². The van der Waals surface area contributed by atoms with Crippen molar-refractivity contribution in [2.75, 3.05) is 24.6 Å². The molecule has 2 aromatic rings. The molecule has 2 bridgehead atoms. The molecule has 32 heavy (non-hydrogen) atoms. The van der Waals surface area contributed by atoms with Crippen LogP contribution in [0.3, 0.4) is 0 Å². The zero-order valence-corrected chi connectivity index (χ0v) is 19.3. The van der Waals surface area contributed by atoms with E-state index >= 15 is 0 Å². The first-order valence-electron chi connectivity index (χ1n) is 10.3. The van der Waals surface area contributed by atoms with Gasteiger partial charge in [-0.1, -0.05) is 59.7 Å². The number of fused-ring (bicyclic) bond motifs is 2. The number of anilines is 1. The molecule has 6 nitrogen and oxygen atoms in total. The predicted octanol–water partition coefficient (Wildman–Crippen LogP) is 3.77. The summed E-state index contributed by atoms with van der Waals surface area (Å²) in [5.41, 5.74) is -0.682. The van der Waals surface area contributed by atoms with Gasteiger partial charge in [0.25, 0.3) is 0 Å². The molecule has 8 heteroatoms. The average Bonchev–Trinajstić information content (AvgIpc) is 2.78. The van der Waals surface area contributed by atoms with Crippen molar-refractivity contribution < 1.29 is 14.3 Å². The summed E-state index contributed by atoms with van der Waals surface area (Å²) in [6.07, 6.45) is 0. The van der Waals surface area contributed by atoms with E-state index in [0.29, 0.717) is 10.6 Å². The lowest BCUT2D eigenvalue weighted by Gasteiger charge is -2.56. The van der Waals surface area contributed by atoms with E-state index in [-0.39, 0.29) is 24.7 Å². The average molecular weight is 468 g/mol. The topological polar surface area (TPSA) is 82.4 Å². The molecule has 2 aromatic carbocycles. The monoisotopic (exact) mass is 467 g/mol. The zero-order valence-electron chi connectivity index (χ0n) is 17.7. The highest BCUT2D eigenvalue weighted by Gasteiger charge is 2.70. The molecule has 2 aliphatic rings. The first kappa shape index (κ1) is 22.3. The van der Waals surface area contributed by atoms with Crippen molar-refractivity contribution >= 4 is 46.4 Å². The maximum absolute atomic E-state index is 13.6. The van der Waals surface area contributed by atoms with Crippen LogP contribution in [0.1, 0.15) is 24.0 Å². The van der Waals surface area contributed by atoms with E-state index in [1.54, 1.807) is 31.2 Å². The molecule has 2 aliphatic heterocycles. The number of halogens is 1. The summed E-state index contributed by atoms with van der Waals surface area (Å²) < 4.78 is 5.43. The molecule has 4 rings (SSSR count). The third kappa shape index (κ3) is 3.17. The van der Waals surface area contributed by atoms with Crippen molar-refractivity contribution in [1.29, 1.82) is 5.26 Å². The van der Waals surface area contributed by atoms with E-state index in [1.165, 1.54) is 0 Å². The second kappa shape index (κ2) is 8.19. The third-order valence-electron chi connectivity index (χ3n) is 6.36. The number of nitrogens with zero attached hydrogens (tertiary/aromatic N) is 2. The Bertz CT molecular complexity index is 1150. The van der Waals surface area contributed by atoms with Crippen molar-refractivity contribution in [2.24, 2.45) is 10.8 Å². The van der Waals surface area contributed by atoms with Crippen molar-refractivity contribution in [3.05, 3.63) is 64.7 Å². The number of nitriles is 1. The highest BCUT2D eigenvalue weighted by molar-refractivity contribution is 7.80. The van der Waals surface area contributed by atoms with Gasteiger partial charge in [-0.25, -0.2) is 0 Å². The van der Waals surface area contributed by atoms with Gasteiger partial charge in [-0.2, -0.15) is 5.26 Å². The van der Waals surface area contributed by atoms with Gasteiger partial charge >= 0.3 is 5.97 Å². The maximum Gasteiger partial charge on any atom is 0.324 e. The summed E-state index contributed by atoms with van der Waals surface area (Å²) in [4.78, 5) is 29.0. The largest absolute Gasteiger partial charge is 0.465 e. The first-order valence-corrected chi connectivity index (χ1v) is 11.1. The van der Waals surface area contributed by atoms with Crippen LogP contribution in [0.4, 0.5) is 5.69 Å². The Morgan fingerprint density at radius 1 is 1.28 bits per heavy atom. The standard InChI is InChI=1S/C24H22ClN3O3S/c1-3-31-22(30)24-14-28(16-10-8-15(2)9-11-16)13-23(12-26,21(32)27-20(24)29)19(24)17-6-4-5-7-18(17)25/h4-11,19H,3,13-14H2,1-2H3,(H,27,29,32). The Balaban J connectivity index is 2.00. The highest BCUT2D eigenvalue weighted by Crippen LogP contribution is 2.57. The molecule has 0 spiro atoms. The van der Waals surface area contributed by atoms with Crippen LogP contribution in [0.5, 0.6) is 0 Å². The van der Waals surface area contributed by atoms with Gasteiger partial charge < -0.3 is 15.0 Å². The summed E-state index contributed by atoms with van der Waals surface area (Å²) in [5, 5.41) is 13.5. The first-order chi connectivity index (χ1) is 15.3. The number of nitrogens with one attached hydrogen (secondary N) is 1. The summed E-state index contributed by atoms with van der Waals surface area (Å²) >= 11 is 12.1. The van der Waals surface area contributed by atoms with E-state index in [0.717, 1.165) is 11.3 Å². The van der Waals surface area contributed by atoms with Crippen LogP contribution in [0.25, 0.3) is 0 Å². The molecule has 1 amide bonds. The number of carbonyl (C=O) groups is 2. The fraction of sp³-hybridized carbons (Fsp3) is 0.333. The van der Waals surface area contributed by atoms with Gasteiger partial charge in [0.15, 0.2) is 5.41 Å². The number of piperidine rings is 2. The number of amides is 1. The molecular formula is C24H22ClN3O3S. The van der Waals surface area contributed by atoms with Crippen LogP contribution in [0, 0.1) is 29.1 Å². The molecular weight excluding hydrogens is 446 g/mol. The second-order valence-electron chi connectivity index (χ2n) is 8.20. The van der Waals surface area contributed by atoms with E-state index in [9.17, 15) is 14.9 Å². The van der Waals surface area contributed by atoms with Gasteiger partial charge in [-0.05, 0) is 37.6 Å². The van der Waals surface area contributed by atoms with Gasteiger partial charge in [0, 0.05) is 29.7 Å². The van der Waals surface area contributed by atoms with E-state index < -0.39 is 28.6 Å². The lowest BCUT2D eigenvalue weighted by molar-refractivity contribution is -0.165. The maximum atomic E-state index is 13.6. The third-order valence-corrected chi connectivity index (χ3v) is 7.17. The van der Waals surface area contributed by atoms with Crippen molar-refractivity contribution in [1.82, 2.24) is 5.32 Å². The number of aryl methyl sites for hydroxylation is 1. The highest BCUT2D eigenvalue weighted by atomic mass is 35.5. The molecule has 0 aromatic heterocycles. The Kier molecular flexibility index (Phi) is 5.70. The Morgan fingerprint density at radius 2 is 1.97 bits per heavy atom. The van der Waals surface area contributed by atoms with Crippen LogP contribution < -0.4 is 10.2 Å². The molecule has 2 saturated heterocycles. The van der Waals surface area contributed by atoms with E-state index in [2.05, 4.69) is 11.4 Å². The number of rotatable bonds is 4. The van der Waals surface area contributed by atoms with Gasteiger partial charge in [-0.3, -0.25) is 9.59 Å². The number of hydrogen-bond acceptors (Lipinski definition) is 6. The lowest BCUT2D eigenvalue weighted by Crippen LogP contribution is -2.73. The minimum atomic E-state index is -1.71. The second-order valence-corrected chi connectivity index (χ2v) is 9.02. The zero-order chi connectivity index (χ0) is 23.1. The fourth-order valence-electron chi connectivity index (χ4n) is 4.86. The predicted molar refractivity (Wildman–Crippen MR) is 125 cm³/mol. The summed E-state index contributed by atoms with van der Waals surface area (Å²) in [7, 11) is 0. The Morgan fingerprint density at radius 3 is 2.59 bits per heavy atom. The van der Waals surface area contributed by atoms with Crippen LogP contribution in [-0.4, -0.2) is 36.6 Å². The molecule has 2 heterocycles. The fourth-order valence-corrected chi connectivity index (χ4v) is 5.42. The number of esters is 1. The molecule has 3 unspecified atom stereocenters. The van der Waals surface area contributed by atoms with Crippen molar-refractivity contribution in [3.8, 4) is 6.07 Å². The van der Waals surface area contributed by atoms with Crippen LogP contribution >= 0.6 is 23.8 Å². The number of ether oxygens (including phenoxy) is 1. The summed E-state index contributed by atoms with van der Waals surface area (Å²) in [5.74, 6) is -2.16. The van der Waals surface area contributed by atoms with Crippen LogP contribution in [0.2, 0.25) is 5.02 Å². The molecule has 0 radical (unpaired) electrons. The summed E-state index contributed by atoms with van der Waals surface area (Å²) in [6.45, 7) is 3.98. The molecule has 164 valence electrons. The normalized spacial score (nSPS) is 26.8. The number of carbonyl (C=O) groups excluding carboxylic acids is 2. The van der Waals surface area contributed by atoms with Gasteiger partial charge in [0.05, 0.1) is 12.7 Å². The minimum absolute atomic E-state index is 0.0304. The lowest BCUT2D eigenvalue weighted by atomic mass is 9.53. The Labute approximate surface area is 197 Å². The number of hydrogen-bond donors (Lipinski definition) is 1. The van der Waals surface area contributed by atoms with E-state index in [4.69, 9.17) is 28.6 Å². The van der Waals surface area contributed by atoms with Crippen molar-refractivity contribution in [2.45, 2.75) is 19.8 Å². The molecule has 2 fully saturated rings. The Hall–Kier alpha value is -2.95. The minimum Gasteiger partial charge on any atom is -0.465 e. The summed E-state index contributed by atoms with van der Waals surface area (Å²) in [6, 6.07) is 17.0. The molecule has 3 atom stereocenters.